The van der Waals surface area contributed by atoms with Crippen molar-refractivity contribution in [3.8, 4) is 0 Å². The van der Waals surface area contributed by atoms with E-state index in [2.05, 4.69) is 50.8 Å². The van der Waals surface area contributed by atoms with Gasteiger partial charge in [0.15, 0.2) is 0 Å². The molecule has 0 fully saturated rings. The zero-order valence-corrected chi connectivity index (χ0v) is 12.9. The second kappa shape index (κ2) is 7.27. The molecule has 0 aliphatic rings. The fourth-order valence-corrected chi connectivity index (χ4v) is 2.71. The maximum absolute atomic E-state index is 11.8. The van der Waals surface area contributed by atoms with E-state index in [1.165, 1.54) is 0 Å². The molecule has 1 atom stereocenters. The first kappa shape index (κ1) is 14.0. The standard InChI is InChI=1S/C12H15BrINO/c1-9(6-7-13)8-15-12(16)10-4-2-3-5-11(10)14/h2-5,9H,6-8H2,1H3,(H,15,16). The van der Waals surface area contributed by atoms with Crippen LogP contribution in [-0.2, 0) is 0 Å². The molecule has 1 aromatic carbocycles. The Balaban J connectivity index is 2.50. The maximum atomic E-state index is 11.8. The molecule has 0 saturated carbocycles. The highest BCUT2D eigenvalue weighted by atomic mass is 127. The van der Waals surface area contributed by atoms with E-state index in [1.54, 1.807) is 0 Å². The van der Waals surface area contributed by atoms with E-state index in [0.29, 0.717) is 5.92 Å². The number of carbonyl (C=O) groups is 1. The molecule has 0 spiro atoms. The van der Waals surface area contributed by atoms with Gasteiger partial charge < -0.3 is 5.32 Å². The highest BCUT2D eigenvalue weighted by molar-refractivity contribution is 14.1. The largest absolute Gasteiger partial charge is 0.352 e. The molecule has 0 aliphatic heterocycles. The third-order valence-corrected chi connectivity index (χ3v) is 3.73. The predicted octanol–water partition coefficient (Wildman–Crippen LogP) is 3.44. The Morgan fingerprint density at radius 1 is 1.50 bits per heavy atom. The lowest BCUT2D eigenvalue weighted by Crippen LogP contribution is -2.29. The highest BCUT2D eigenvalue weighted by Gasteiger charge is 2.09. The smallest absolute Gasteiger partial charge is 0.252 e. The van der Waals surface area contributed by atoms with Gasteiger partial charge in [0.2, 0.25) is 0 Å². The van der Waals surface area contributed by atoms with E-state index >= 15 is 0 Å². The molecule has 1 N–H and O–H groups in total. The van der Waals surface area contributed by atoms with Crippen LogP contribution in [0.4, 0.5) is 0 Å². The number of alkyl halides is 1. The maximum Gasteiger partial charge on any atom is 0.252 e. The second-order valence-electron chi connectivity index (χ2n) is 3.77. The van der Waals surface area contributed by atoms with Crippen LogP contribution in [0.5, 0.6) is 0 Å². The summed E-state index contributed by atoms with van der Waals surface area (Å²) in [5.41, 5.74) is 0.758. The van der Waals surface area contributed by atoms with Gasteiger partial charge in [0, 0.05) is 15.4 Å². The average molecular weight is 396 g/mol. The van der Waals surface area contributed by atoms with E-state index in [0.717, 1.165) is 27.4 Å². The lowest BCUT2D eigenvalue weighted by molar-refractivity contribution is 0.0947. The van der Waals surface area contributed by atoms with Crippen molar-refractivity contribution in [3.05, 3.63) is 33.4 Å². The molecule has 0 aliphatic carbocycles. The summed E-state index contributed by atoms with van der Waals surface area (Å²) in [6.45, 7) is 2.87. The Hall–Kier alpha value is -0.100. The molecule has 1 aromatic rings. The van der Waals surface area contributed by atoms with Gasteiger partial charge in [0.05, 0.1) is 5.56 Å². The molecule has 2 nitrogen and oxygen atoms in total. The van der Waals surface area contributed by atoms with Crippen LogP contribution in [0.1, 0.15) is 23.7 Å². The lowest BCUT2D eigenvalue weighted by atomic mass is 10.1. The van der Waals surface area contributed by atoms with Gasteiger partial charge in [0.1, 0.15) is 0 Å². The van der Waals surface area contributed by atoms with Gasteiger partial charge in [-0.1, -0.05) is 35.0 Å². The number of amides is 1. The first-order chi connectivity index (χ1) is 7.65. The van der Waals surface area contributed by atoms with Crippen LogP contribution in [0, 0.1) is 9.49 Å². The van der Waals surface area contributed by atoms with Crippen molar-refractivity contribution in [2.75, 3.05) is 11.9 Å². The third kappa shape index (κ3) is 4.41. The van der Waals surface area contributed by atoms with Gasteiger partial charge in [-0.3, -0.25) is 4.79 Å². The summed E-state index contributed by atoms with van der Waals surface area (Å²) < 4.78 is 0.991. The molecule has 1 unspecified atom stereocenters. The van der Waals surface area contributed by atoms with Crippen molar-refractivity contribution in [2.24, 2.45) is 5.92 Å². The topological polar surface area (TPSA) is 29.1 Å². The minimum Gasteiger partial charge on any atom is -0.352 e. The SMILES string of the molecule is CC(CCBr)CNC(=O)c1ccccc1I. The number of benzene rings is 1. The summed E-state index contributed by atoms with van der Waals surface area (Å²) in [5, 5.41) is 3.94. The van der Waals surface area contributed by atoms with Crippen LogP contribution in [0.3, 0.4) is 0 Å². The molecular weight excluding hydrogens is 381 g/mol. The van der Waals surface area contributed by atoms with Gasteiger partial charge in [-0.15, -0.1) is 0 Å². The molecule has 0 radical (unpaired) electrons. The van der Waals surface area contributed by atoms with E-state index in [4.69, 9.17) is 0 Å². The quantitative estimate of drug-likeness (QED) is 0.600. The third-order valence-electron chi connectivity index (χ3n) is 2.33. The monoisotopic (exact) mass is 395 g/mol. The van der Waals surface area contributed by atoms with Crippen molar-refractivity contribution in [3.63, 3.8) is 0 Å². The first-order valence-electron chi connectivity index (χ1n) is 5.24. The number of hydrogen-bond donors (Lipinski definition) is 1. The van der Waals surface area contributed by atoms with Crippen molar-refractivity contribution in [1.29, 1.82) is 0 Å². The van der Waals surface area contributed by atoms with Crippen molar-refractivity contribution in [2.45, 2.75) is 13.3 Å². The molecular formula is C12H15BrINO. The molecule has 0 aromatic heterocycles. The molecule has 16 heavy (non-hydrogen) atoms. The summed E-state index contributed by atoms with van der Waals surface area (Å²) in [5.74, 6) is 0.524. The molecule has 1 rings (SSSR count). The summed E-state index contributed by atoms with van der Waals surface area (Å²) >= 11 is 5.58. The zero-order valence-electron chi connectivity index (χ0n) is 9.17. The first-order valence-corrected chi connectivity index (χ1v) is 7.44. The van der Waals surface area contributed by atoms with Crippen LogP contribution >= 0.6 is 38.5 Å². The minimum atomic E-state index is 0.0198. The molecule has 88 valence electrons. The molecule has 1 amide bonds. The number of halogens is 2. The summed E-state index contributed by atoms with van der Waals surface area (Å²) in [4.78, 5) is 11.8. The summed E-state index contributed by atoms with van der Waals surface area (Å²) in [6, 6.07) is 7.62. The normalized spacial score (nSPS) is 12.2. The van der Waals surface area contributed by atoms with Gasteiger partial charge in [-0.2, -0.15) is 0 Å². The Kier molecular flexibility index (Phi) is 6.34. The summed E-state index contributed by atoms with van der Waals surface area (Å²) in [7, 11) is 0. The molecule has 0 bridgehead atoms. The molecule has 0 saturated heterocycles. The average Bonchev–Trinajstić information content (AvgIpc) is 2.27. The Bertz CT molecular complexity index is 357. The Morgan fingerprint density at radius 3 is 2.81 bits per heavy atom. The molecule has 0 heterocycles. The highest BCUT2D eigenvalue weighted by Crippen LogP contribution is 2.11. The number of hydrogen-bond acceptors (Lipinski definition) is 1. The zero-order chi connectivity index (χ0) is 12.0. The minimum absolute atomic E-state index is 0.0198. The number of rotatable bonds is 5. The van der Waals surface area contributed by atoms with Crippen molar-refractivity contribution >= 4 is 44.4 Å². The lowest BCUT2D eigenvalue weighted by Gasteiger charge is -2.11. The van der Waals surface area contributed by atoms with E-state index in [9.17, 15) is 4.79 Å². The van der Waals surface area contributed by atoms with Crippen molar-refractivity contribution < 1.29 is 4.79 Å². The number of nitrogens with one attached hydrogen (secondary N) is 1. The summed E-state index contributed by atoms with van der Waals surface area (Å²) in [6.07, 6.45) is 1.08. The fraction of sp³-hybridized carbons (Fsp3) is 0.417. The van der Waals surface area contributed by atoms with Crippen LogP contribution in [0.15, 0.2) is 24.3 Å². The van der Waals surface area contributed by atoms with Gasteiger partial charge in [-0.25, -0.2) is 0 Å². The molecule has 4 heteroatoms. The van der Waals surface area contributed by atoms with Gasteiger partial charge in [0.25, 0.3) is 5.91 Å². The van der Waals surface area contributed by atoms with Crippen LogP contribution in [0.25, 0.3) is 0 Å². The van der Waals surface area contributed by atoms with Crippen LogP contribution < -0.4 is 5.32 Å². The fourth-order valence-electron chi connectivity index (χ4n) is 1.30. The van der Waals surface area contributed by atoms with Gasteiger partial charge in [-0.05, 0) is 47.1 Å². The van der Waals surface area contributed by atoms with Crippen molar-refractivity contribution in [1.82, 2.24) is 5.32 Å². The predicted molar refractivity (Wildman–Crippen MR) is 79.1 cm³/mol. The van der Waals surface area contributed by atoms with Gasteiger partial charge >= 0.3 is 0 Å². The Morgan fingerprint density at radius 2 is 2.19 bits per heavy atom. The van der Waals surface area contributed by atoms with Crippen LogP contribution in [0.2, 0.25) is 0 Å². The van der Waals surface area contributed by atoms with Crippen LogP contribution in [-0.4, -0.2) is 17.8 Å². The second-order valence-corrected chi connectivity index (χ2v) is 5.73. The van der Waals surface area contributed by atoms with E-state index < -0.39 is 0 Å². The van der Waals surface area contributed by atoms with E-state index in [-0.39, 0.29) is 5.91 Å². The Labute approximate surface area is 118 Å². The van der Waals surface area contributed by atoms with E-state index in [1.807, 2.05) is 24.3 Å². The number of carbonyl (C=O) groups excluding carboxylic acids is 1.